The number of rotatable bonds is 3. The Balaban J connectivity index is 1.91. The van der Waals surface area contributed by atoms with Crippen LogP contribution >= 0.6 is 11.6 Å². The van der Waals surface area contributed by atoms with Crippen LogP contribution in [-0.2, 0) is 0 Å². The number of nitrogens with zero attached hydrogens (tertiary/aromatic N) is 3. The predicted molar refractivity (Wildman–Crippen MR) is 96.2 cm³/mol. The highest BCUT2D eigenvalue weighted by atomic mass is 35.5. The second-order valence-electron chi connectivity index (χ2n) is 6.13. The van der Waals surface area contributed by atoms with Crippen LogP contribution < -0.4 is 11.1 Å². The fourth-order valence-corrected chi connectivity index (χ4v) is 3.10. The molecule has 8 nitrogen and oxygen atoms in total. The highest BCUT2D eigenvalue weighted by molar-refractivity contribution is 6.31. The van der Waals surface area contributed by atoms with Crippen LogP contribution in [-0.4, -0.2) is 55.1 Å². The molecule has 2 heterocycles. The van der Waals surface area contributed by atoms with Gasteiger partial charge in [0.2, 0.25) is 11.9 Å². The molecule has 1 saturated carbocycles. The average molecular weight is 394 g/mol. The number of aromatic nitrogens is 3. The van der Waals surface area contributed by atoms with Crippen LogP contribution in [0.5, 0.6) is 0 Å². The van der Waals surface area contributed by atoms with Gasteiger partial charge in [0, 0.05) is 24.3 Å². The molecular formula is C17H17ClFN5O3. The van der Waals surface area contributed by atoms with Crippen LogP contribution in [0.15, 0.2) is 18.3 Å². The first kappa shape index (κ1) is 19.3. The van der Waals surface area contributed by atoms with E-state index in [9.17, 15) is 19.7 Å². The number of pyridine rings is 1. The summed E-state index contributed by atoms with van der Waals surface area (Å²) in [4.78, 5) is 11.5. The smallest absolute Gasteiger partial charge is 0.223 e. The van der Waals surface area contributed by atoms with Crippen molar-refractivity contribution in [3.63, 3.8) is 0 Å². The summed E-state index contributed by atoms with van der Waals surface area (Å²) in [6.07, 6.45) is -0.597. The van der Waals surface area contributed by atoms with Crippen LogP contribution in [0.4, 0.5) is 16.2 Å². The quantitative estimate of drug-likeness (QED) is 0.282. The lowest BCUT2D eigenvalue weighted by molar-refractivity contribution is 0.00445. The minimum Gasteiger partial charge on any atom is -0.396 e. The zero-order valence-corrected chi connectivity index (χ0v) is 14.7. The molecule has 10 heteroatoms. The SMILES string of the molecule is Nc1nc(Cl)c(C#Cc2ccc(F)nc2)c(N[C@@H]2C[C@H](CO)[C@@H](O)[C@H]2O)n1. The molecule has 0 radical (unpaired) electrons. The Morgan fingerprint density at radius 3 is 2.67 bits per heavy atom. The van der Waals surface area contributed by atoms with Crippen LogP contribution in [0.3, 0.4) is 0 Å². The summed E-state index contributed by atoms with van der Waals surface area (Å²) in [5.41, 5.74) is 6.32. The maximum atomic E-state index is 12.9. The molecule has 0 aliphatic heterocycles. The van der Waals surface area contributed by atoms with Crippen LogP contribution in [0.25, 0.3) is 0 Å². The first-order valence-electron chi connectivity index (χ1n) is 8.09. The van der Waals surface area contributed by atoms with Crippen molar-refractivity contribution in [2.24, 2.45) is 5.92 Å². The fraction of sp³-hybridized carbons (Fsp3) is 0.353. The number of aliphatic hydroxyl groups is 3. The van der Waals surface area contributed by atoms with E-state index in [1.165, 1.54) is 18.3 Å². The molecule has 6 N–H and O–H groups in total. The van der Waals surface area contributed by atoms with E-state index in [-0.39, 0.29) is 29.1 Å². The summed E-state index contributed by atoms with van der Waals surface area (Å²) < 4.78 is 12.9. The number of nitrogens with one attached hydrogen (secondary N) is 1. The Morgan fingerprint density at radius 2 is 2.04 bits per heavy atom. The number of anilines is 2. The fourth-order valence-electron chi connectivity index (χ4n) is 2.87. The number of nitrogen functional groups attached to an aromatic ring is 1. The van der Waals surface area contributed by atoms with Crippen LogP contribution in [0.2, 0.25) is 5.15 Å². The molecule has 0 saturated heterocycles. The first-order chi connectivity index (χ1) is 12.9. The lowest BCUT2D eigenvalue weighted by Crippen LogP contribution is -2.35. The van der Waals surface area contributed by atoms with Gasteiger partial charge in [-0.3, -0.25) is 0 Å². The van der Waals surface area contributed by atoms with Crippen molar-refractivity contribution in [2.45, 2.75) is 24.7 Å². The minimum atomic E-state index is -1.11. The van der Waals surface area contributed by atoms with Crippen molar-refractivity contribution in [3.05, 3.63) is 40.6 Å². The molecule has 2 aromatic rings. The van der Waals surface area contributed by atoms with Gasteiger partial charge in [0.05, 0.1) is 12.1 Å². The number of halogens is 2. The van der Waals surface area contributed by atoms with Gasteiger partial charge in [0.1, 0.15) is 17.5 Å². The lowest BCUT2D eigenvalue weighted by atomic mass is 10.1. The zero-order valence-electron chi connectivity index (χ0n) is 14.0. The molecule has 3 rings (SSSR count). The van der Waals surface area contributed by atoms with Gasteiger partial charge in [-0.25, -0.2) is 4.98 Å². The van der Waals surface area contributed by atoms with Gasteiger partial charge in [-0.15, -0.1) is 0 Å². The third-order valence-electron chi connectivity index (χ3n) is 4.30. The Morgan fingerprint density at radius 1 is 1.26 bits per heavy atom. The van der Waals surface area contributed by atoms with E-state index in [0.717, 1.165) is 0 Å². The molecule has 4 atom stereocenters. The minimum absolute atomic E-state index is 0.000635. The second-order valence-corrected chi connectivity index (χ2v) is 6.48. The Hall–Kier alpha value is -2.51. The van der Waals surface area contributed by atoms with Crippen molar-refractivity contribution in [1.82, 2.24) is 15.0 Å². The molecule has 142 valence electrons. The van der Waals surface area contributed by atoms with E-state index in [1.807, 2.05) is 0 Å². The number of hydrogen-bond donors (Lipinski definition) is 5. The third kappa shape index (κ3) is 4.26. The molecule has 0 bridgehead atoms. The first-order valence-corrected chi connectivity index (χ1v) is 8.47. The van der Waals surface area contributed by atoms with E-state index in [4.69, 9.17) is 17.3 Å². The monoisotopic (exact) mass is 393 g/mol. The topological polar surface area (TPSA) is 137 Å². The van der Waals surface area contributed by atoms with Gasteiger partial charge in [-0.2, -0.15) is 14.4 Å². The molecule has 1 fully saturated rings. The standard InChI is InChI=1S/C17H17ClFN5O3/c18-15-10(3-1-8-2-4-12(19)21-6-8)16(24-17(20)23-15)22-11-5-9(7-25)13(26)14(11)27/h2,4,6,9,11,13-14,25-27H,5,7H2,(H3,20,22,23,24)/t9-,11-,13-,14+/m1/s1. The lowest BCUT2D eigenvalue weighted by Gasteiger charge is -2.19. The summed E-state index contributed by atoms with van der Waals surface area (Å²) in [6.45, 7) is -0.257. The van der Waals surface area contributed by atoms with Crippen molar-refractivity contribution >= 4 is 23.4 Å². The average Bonchev–Trinajstić information content (AvgIpc) is 2.90. The van der Waals surface area contributed by atoms with Crippen molar-refractivity contribution < 1.29 is 19.7 Å². The van der Waals surface area contributed by atoms with Crippen molar-refractivity contribution in [1.29, 1.82) is 0 Å². The summed E-state index contributed by atoms with van der Waals surface area (Å²) in [5.74, 6) is 4.57. The Kier molecular flexibility index (Phi) is 5.72. The van der Waals surface area contributed by atoms with Gasteiger partial charge in [-0.05, 0) is 18.6 Å². The molecule has 0 aromatic carbocycles. The summed E-state index contributed by atoms with van der Waals surface area (Å²) in [6, 6.07) is 2.04. The highest BCUT2D eigenvalue weighted by Gasteiger charge is 2.41. The van der Waals surface area contributed by atoms with Crippen LogP contribution in [0.1, 0.15) is 17.5 Å². The van der Waals surface area contributed by atoms with Crippen LogP contribution in [0, 0.1) is 23.7 Å². The third-order valence-corrected chi connectivity index (χ3v) is 4.57. The van der Waals surface area contributed by atoms with Crippen molar-refractivity contribution in [2.75, 3.05) is 17.7 Å². The summed E-state index contributed by atoms with van der Waals surface area (Å²) >= 11 is 6.13. The van der Waals surface area contributed by atoms with Gasteiger partial charge in [0.25, 0.3) is 0 Å². The molecular weight excluding hydrogens is 377 g/mol. The largest absolute Gasteiger partial charge is 0.396 e. The second kappa shape index (κ2) is 8.02. The van der Waals surface area contributed by atoms with Gasteiger partial charge < -0.3 is 26.4 Å². The number of hydrogen-bond acceptors (Lipinski definition) is 8. The maximum Gasteiger partial charge on any atom is 0.223 e. The summed E-state index contributed by atoms with van der Waals surface area (Å²) in [5, 5.41) is 32.4. The van der Waals surface area contributed by atoms with Gasteiger partial charge >= 0.3 is 0 Å². The van der Waals surface area contributed by atoms with E-state index < -0.39 is 30.1 Å². The molecule has 27 heavy (non-hydrogen) atoms. The van der Waals surface area contributed by atoms with E-state index in [2.05, 4.69) is 32.1 Å². The Bertz CT molecular complexity index is 887. The molecule has 1 aliphatic rings. The molecule has 2 aromatic heterocycles. The predicted octanol–water partition coefficient (Wildman–Crippen LogP) is 0.161. The number of nitrogens with two attached hydrogens (primary N) is 1. The van der Waals surface area contributed by atoms with Crippen molar-refractivity contribution in [3.8, 4) is 11.8 Å². The number of aliphatic hydroxyl groups excluding tert-OH is 3. The van der Waals surface area contributed by atoms with Gasteiger partial charge in [-0.1, -0.05) is 23.4 Å². The maximum absolute atomic E-state index is 12.9. The molecule has 1 aliphatic carbocycles. The molecule has 0 unspecified atom stereocenters. The highest BCUT2D eigenvalue weighted by Crippen LogP contribution is 2.30. The van der Waals surface area contributed by atoms with E-state index in [0.29, 0.717) is 12.0 Å². The zero-order chi connectivity index (χ0) is 19.6. The summed E-state index contributed by atoms with van der Waals surface area (Å²) in [7, 11) is 0. The van der Waals surface area contributed by atoms with E-state index in [1.54, 1.807) is 0 Å². The Labute approximate surface area is 159 Å². The normalized spacial score (nSPS) is 24.3. The molecule has 0 amide bonds. The van der Waals surface area contributed by atoms with Gasteiger partial charge in [0.15, 0.2) is 5.15 Å². The molecule has 0 spiro atoms. The van der Waals surface area contributed by atoms with E-state index >= 15 is 0 Å².